The lowest BCUT2D eigenvalue weighted by Gasteiger charge is -2.23. The minimum absolute atomic E-state index is 0.102. The molecule has 0 aliphatic rings. The first-order valence-electron chi connectivity index (χ1n) is 8.88. The minimum Gasteiger partial charge on any atom is -0.350 e. The van der Waals surface area contributed by atoms with Crippen molar-refractivity contribution in [2.45, 2.75) is 26.9 Å². The van der Waals surface area contributed by atoms with Crippen molar-refractivity contribution in [2.75, 3.05) is 18.0 Å². The van der Waals surface area contributed by atoms with Gasteiger partial charge in [0.2, 0.25) is 11.9 Å². The van der Waals surface area contributed by atoms with Crippen LogP contribution < -0.4 is 15.8 Å². The summed E-state index contributed by atoms with van der Waals surface area (Å²) in [5, 5.41) is 4.36. The van der Waals surface area contributed by atoms with Gasteiger partial charge in [0, 0.05) is 31.3 Å². The molecule has 0 saturated heterocycles. The molecule has 0 unspecified atom stereocenters. The van der Waals surface area contributed by atoms with Crippen LogP contribution in [0.5, 0.6) is 0 Å². The lowest BCUT2D eigenvalue weighted by atomic mass is 10.2. The maximum atomic E-state index is 13.7. The van der Waals surface area contributed by atoms with Crippen LogP contribution in [-0.2, 0) is 17.9 Å². The normalized spacial score (nSPS) is 11.0. The molecule has 0 spiro atoms. The van der Waals surface area contributed by atoms with Crippen LogP contribution in [-0.4, -0.2) is 28.5 Å². The molecular formula is C19H20F2N4O2S. The number of benzene rings is 1. The molecule has 3 aromatic rings. The Bertz CT molecular complexity index is 1060. The number of amides is 1. The molecule has 28 heavy (non-hydrogen) atoms. The SMILES string of the molecule is CCN(CC)c1nc2ccsc2c(=O)n1CC(=O)NCc1ccc(F)cc1F. The summed E-state index contributed by atoms with van der Waals surface area (Å²) >= 11 is 1.27. The molecule has 6 nitrogen and oxygen atoms in total. The van der Waals surface area contributed by atoms with Crippen LogP contribution >= 0.6 is 11.3 Å². The summed E-state index contributed by atoms with van der Waals surface area (Å²) in [4.78, 5) is 31.7. The fourth-order valence-electron chi connectivity index (χ4n) is 2.88. The summed E-state index contributed by atoms with van der Waals surface area (Å²) in [5.41, 5.74) is 0.477. The Balaban J connectivity index is 1.85. The van der Waals surface area contributed by atoms with Gasteiger partial charge in [-0.2, -0.15) is 0 Å². The number of fused-ring (bicyclic) bond motifs is 1. The molecule has 2 aromatic heterocycles. The molecule has 1 aromatic carbocycles. The summed E-state index contributed by atoms with van der Waals surface area (Å²) in [6, 6.07) is 4.94. The third kappa shape index (κ3) is 4.04. The van der Waals surface area contributed by atoms with Crippen molar-refractivity contribution < 1.29 is 13.6 Å². The predicted molar refractivity (Wildman–Crippen MR) is 106 cm³/mol. The van der Waals surface area contributed by atoms with Gasteiger partial charge in [-0.25, -0.2) is 13.8 Å². The molecule has 0 aliphatic heterocycles. The minimum atomic E-state index is -0.733. The number of anilines is 1. The zero-order valence-corrected chi connectivity index (χ0v) is 16.4. The predicted octanol–water partition coefficient (Wildman–Crippen LogP) is 2.90. The lowest BCUT2D eigenvalue weighted by Crippen LogP contribution is -2.37. The van der Waals surface area contributed by atoms with Crippen LogP contribution in [0.1, 0.15) is 19.4 Å². The summed E-state index contributed by atoms with van der Waals surface area (Å²) < 4.78 is 28.5. The van der Waals surface area contributed by atoms with Crippen molar-refractivity contribution in [3.05, 3.63) is 57.2 Å². The molecule has 1 amide bonds. The number of halogens is 2. The summed E-state index contributed by atoms with van der Waals surface area (Å²) in [7, 11) is 0. The number of nitrogens with one attached hydrogen (secondary N) is 1. The van der Waals surface area contributed by atoms with Crippen LogP contribution in [0.2, 0.25) is 0 Å². The van der Waals surface area contributed by atoms with Gasteiger partial charge >= 0.3 is 0 Å². The third-order valence-electron chi connectivity index (χ3n) is 4.38. The largest absolute Gasteiger partial charge is 0.350 e. The highest BCUT2D eigenvalue weighted by molar-refractivity contribution is 7.17. The topological polar surface area (TPSA) is 67.2 Å². The molecule has 0 aliphatic carbocycles. The number of rotatable bonds is 7. The van der Waals surface area contributed by atoms with Crippen molar-refractivity contribution in [1.82, 2.24) is 14.9 Å². The van der Waals surface area contributed by atoms with E-state index >= 15 is 0 Å². The Morgan fingerprint density at radius 3 is 2.68 bits per heavy atom. The van der Waals surface area contributed by atoms with Gasteiger partial charge in [0.1, 0.15) is 22.9 Å². The Morgan fingerprint density at radius 2 is 2.00 bits per heavy atom. The van der Waals surface area contributed by atoms with Gasteiger partial charge in [-0.15, -0.1) is 11.3 Å². The van der Waals surface area contributed by atoms with E-state index in [-0.39, 0.29) is 24.2 Å². The summed E-state index contributed by atoms with van der Waals surface area (Å²) in [5.74, 6) is -1.46. The van der Waals surface area contributed by atoms with E-state index in [1.807, 2.05) is 18.7 Å². The molecule has 0 atom stereocenters. The number of carbonyl (C=O) groups excluding carboxylic acids is 1. The highest BCUT2D eigenvalue weighted by atomic mass is 32.1. The van der Waals surface area contributed by atoms with Gasteiger partial charge in [-0.05, 0) is 31.4 Å². The second-order valence-electron chi connectivity index (χ2n) is 6.12. The molecular weight excluding hydrogens is 386 g/mol. The second kappa shape index (κ2) is 8.47. The fraction of sp³-hybridized carbons (Fsp3) is 0.316. The third-order valence-corrected chi connectivity index (χ3v) is 5.28. The number of aromatic nitrogens is 2. The van der Waals surface area contributed by atoms with Crippen molar-refractivity contribution in [3.63, 3.8) is 0 Å². The number of thiophene rings is 1. The van der Waals surface area contributed by atoms with E-state index in [1.165, 1.54) is 22.0 Å². The van der Waals surface area contributed by atoms with E-state index in [0.29, 0.717) is 29.3 Å². The average Bonchev–Trinajstić information content (AvgIpc) is 3.14. The zero-order valence-electron chi connectivity index (χ0n) is 15.5. The molecule has 148 valence electrons. The summed E-state index contributed by atoms with van der Waals surface area (Å²) in [6.45, 7) is 4.79. The quantitative estimate of drug-likeness (QED) is 0.655. The lowest BCUT2D eigenvalue weighted by molar-refractivity contribution is -0.121. The van der Waals surface area contributed by atoms with Gasteiger partial charge in [-0.3, -0.25) is 14.2 Å². The first-order chi connectivity index (χ1) is 13.4. The smallest absolute Gasteiger partial charge is 0.273 e. The number of hydrogen-bond acceptors (Lipinski definition) is 5. The van der Waals surface area contributed by atoms with Gasteiger partial charge in [0.05, 0.1) is 5.52 Å². The molecule has 0 saturated carbocycles. The maximum absolute atomic E-state index is 13.7. The first-order valence-corrected chi connectivity index (χ1v) is 9.76. The monoisotopic (exact) mass is 406 g/mol. The van der Waals surface area contributed by atoms with Gasteiger partial charge in [0.15, 0.2) is 0 Å². The summed E-state index contributed by atoms with van der Waals surface area (Å²) in [6.07, 6.45) is 0. The molecule has 1 N–H and O–H groups in total. The van der Waals surface area contributed by atoms with E-state index in [0.717, 1.165) is 12.1 Å². The van der Waals surface area contributed by atoms with Gasteiger partial charge in [0.25, 0.3) is 5.56 Å². The molecule has 0 bridgehead atoms. The average molecular weight is 406 g/mol. The van der Waals surface area contributed by atoms with E-state index in [4.69, 9.17) is 0 Å². The van der Waals surface area contributed by atoms with Crippen LogP contribution in [0, 0.1) is 11.6 Å². The van der Waals surface area contributed by atoms with Crippen molar-refractivity contribution >= 4 is 33.4 Å². The highest BCUT2D eigenvalue weighted by Gasteiger charge is 2.18. The van der Waals surface area contributed by atoms with E-state index in [9.17, 15) is 18.4 Å². The van der Waals surface area contributed by atoms with Crippen LogP contribution in [0.15, 0.2) is 34.4 Å². The highest BCUT2D eigenvalue weighted by Crippen LogP contribution is 2.19. The van der Waals surface area contributed by atoms with Crippen molar-refractivity contribution in [1.29, 1.82) is 0 Å². The second-order valence-corrected chi connectivity index (χ2v) is 7.04. The number of carbonyl (C=O) groups is 1. The molecule has 0 radical (unpaired) electrons. The van der Waals surface area contributed by atoms with Crippen LogP contribution in [0.25, 0.3) is 10.2 Å². The van der Waals surface area contributed by atoms with Crippen molar-refractivity contribution in [3.8, 4) is 0 Å². The number of hydrogen-bond donors (Lipinski definition) is 1. The van der Waals surface area contributed by atoms with E-state index in [1.54, 1.807) is 11.4 Å². The Kier molecular flexibility index (Phi) is 6.03. The maximum Gasteiger partial charge on any atom is 0.273 e. The van der Waals surface area contributed by atoms with E-state index in [2.05, 4.69) is 10.3 Å². The Hall–Kier alpha value is -2.81. The molecule has 3 rings (SSSR count). The standard InChI is InChI=1S/C19H20F2N4O2S/c1-3-24(4-2)19-23-15-7-8-28-17(15)18(27)25(19)11-16(26)22-10-12-5-6-13(20)9-14(12)21/h5-9H,3-4,10-11H2,1-2H3,(H,22,26). The first kappa shape index (κ1) is 19.9. The molecule has 9 heteroatoms. The van der Waals surface area contributed by atoms with Crippen LogP contribution in [0.3, 0.4) is 0 Å². The molecule has 0 fully saturated rings. The van der Waals surface area contributed by atoms with Gasteiger partial charge in [-0.1, -0.05) is 6.07 Å². The Morgan fingerprint density at radius 1 is 1.25 bits per heavy atom. The van der Waals surface area contributed by atoms with Crippen molar-refractivity contribution in [2.24, 2.45) is 0 Å². The molecule has 2 heterocycles. The van der Waals surface area contributed by atoms with Crippen LogP contribution in [0.4, 0.5) is 14.7 Å². The number of nitrogens with zero attached hydrogens (tertiary/aromatic N) is 3. The Labute approximate surface area is 164 Å². The fourth-order valence-corrected chi connectivity index (χ4v) is 3.66. The van der Waals surface area contributed by atoms with E-state index < -0.39 is 17.5 Å². The van der Waals surface area contributed by atoms with Gasteiger partial charge < -0.3 is 10.2 Å². The zero-order chi connectivity index (χ0) is 20.3.